The minimum Gasteiger partial charge on any atom is -0.444 e. The van der Waals surface area contributed by atoms with Gasteiger partial charge in [0.1, 0.15) is 11.4 Å². The Morgan fingerprint density at radius 1 is 0.925 bits per heavy atom. The molecule has 0 bridgehead atoms. The molecule has 0 unspecified atom stereocenters. The van der Waals surface area contributed by atoms with E-state index in [9.17, 15) is 31.5 Å². The van der Waals surface area contributed by atoms with Crippen molar-refractivity contribution in [3.63, 3.8) is 0 Å². The summed E-state index contributed by atoms with van der Waals surface area (Å²) in [5, 5.41) is 8.04. The molecule has 2 atom stereocenters. The Labute approximate surface area is 227 Å². The Bertz CT molecular complexity index is 1220. The van der Waals surface area contributed by atoms with Crippen LogP contribution in [0.2, 0.25) is 0 Å². The van der Waals surface area contributed by atoms with Gasteiger partial charge in [0.25, 0.3) is 11.8 Å². The summed E-state index contributed by atoms with van der Waals surface area (Å²) in [6.45, 7) is 5.54. The molecule has 1 saturated carbocycles. The molecule has 1 fully saturated rings. The molecule has 5 N–H and O–H groups in total. The number of nitrogens with two attached hydrogens (primary N) is 1. The number of rotatable bonds is 7. The number of alkyl halides is 5. The van der Waals surface area contributed by atoms with Gasteiger partial charge in [-0.2, -0.15) is 13.2 Å². The van der Waals surface area contributed by atoms with Gasteiger partial charge in [-0.3, -0.25) is 4.79 Å². The van der Waals surface area contributed by atoms with Crippen LogP contribution in [0.3, 0.4) is 0 Å². The van der Waals surface area contributed by atoms with E-state index in [1.165, 1.54) is 0 Å². The molecule has 0 spiro atoms. The number of carbonyl (C=O) groups is 2. The minimum absolute atomic E-state index is 0.312. The first kappa shape index (κ1) is 30.8. The molecule has 2 aromatic rings. The maximum Gasteiger partial charge on any atom is 0.416 e. The monoisotopic (exact) mass is 575 g/mol. The summed E-state index contributed by atoms with van der Waals surface area (Å²) >= 11 is 0. The molecule has 40 heavy (non-hydrogen) atoms. The first-order chi connectivity index (χ1) is 18.3. The molecule has 14 heteroatoms. The van der Waals surface area contributed by atoms with Crippen LogP contribution in [0.4, 0.5) is 48.5 Å². The van der Waals surface area contributed by atoms with Crippen molar-refractivity contribution >= 4 is 29.3 Å². The fraction of sp³-hybridized carbons (Fsp3) is 0.500. The van der Waals surface area contributed by atoms with Crippen molar-refractivity contribution in [2.75, 3.05) is 10.6 Å². The molecular weight excluding hydrogens is 544 g/mol. The Morgan fingerprint density at radius 2 is 1.52 bits per heavy atom. The number of anilines is 3. The molecule has 0 saturated heterocycles. The number of hydrogen-bond acceptors (Lipinski definition) is 6. The highest BCUT2D eigenvalue weighted by molar-refractivity contribution is 5.98. The zero-order valence-electron chi connectivity index (χ0n) is 22.3. The summed E-state index contributed by atoms with van der Waals surface area (Å²) < 4.78 is 88.5. The molecule has 3 rings (SSSR count). The summed E-state index contributed by atoms with van der Waals surface area (Å²) in [5.74, 6) is -6.61. The van der Waals surface area contributed by atoms with Crippen LogP contribution in [0.1, 0.15) is 74.9 Å². The van der Waals surface area contributed by atoms with E-state index in [4.69, 9.17) is 10.5 Å². The average Bonchev–Trinajstić information content (AvgIpc) is 2.79. The number of halogens is 6. The van der Waals surface area contributed by atoms with Crippen LogP contribution < -0.4 is 21.7 Å². The van der Waals surface area contributed by atoms with Crippen LogP contribution in [-0.4, -0.2) is 34.7 Å². The van der Waals surface area contributed by atoms with E-state index in [1.54, 1.807) is 20.8 Å². The third kappa shape index (κ3) is 8.15. The molecule has 1 aromatic heterocycles. The Morgan fingerprint density at radius 3 is 2.08 bits per heavy atom. The number of amides is 2. The zero-order valence-corrected chi connectivity index (χ0v) is 22.3. The van der Waals surface area contributed by atoms with E-state index in [-0.39, 0.29) is 5.82 Å². The van der Waals surface area contributed by atoms with E-state index in [0.717, 1.165) is 25.0 Å². The number of nitrogens with zero attached hydrogens (tertiary/aromatic N) is 1. The second-order valence-electron chi connectivity index (χ2n) is 10.7. The molecule has 1 aromatic carbocycles. The summed E-state index contributed by atoms with van der Waals surface area (Å²) in [6.07, 6.45) is -3.05. The van der Waals surface area contributed by atoms with Crippen LogP contribution in [0.25, 0.3) is 0 Å². The van der Waals surface area contributed by atoms with Crippen LogP contribution in [0.15, 0.2) is 24.3 Å². The van der Waals surface area contributed by atoms with Crippen molar-refractivity contribution in [1.82, 2.24) is 10.3 Å². The normalized spacial score (nSPS) is 18.1. The van der Waals surface area contributed by atoms with Crippen molar-refractivity contribution in [1.29, 1.82) is 0 Å². The van der Waals surface area contributed by atoms with Gasteiger partial charge >= 0.3 is 12.3 Å². The third-order valence-corrected chi connectivity index (χ3v) is 6.06. The Kier molecular flexibility index (Phi) is 8.80. The largest absolute Gasteiger partial charge is 0.444 e. The maximum absolute atomic E-state index is 15.0. The molecule has 1 aliphatic rings. The predicted octanol–water partition coefficient (Wildman–Crippen LogP) is 6.44. The molecule has 8 nitrogen and oxygen atoms in total. The number of aromatic nitrogens is 1. The van der Waals surface area contributed by atoms with Crippen LogP contribution >= 0.6 is 0 Å². The first-order valence-corrected chi connectivity index (χ1v) is 12.5. The number of pyridine rings is 1. The highest BCUT2D eigenvalue weighted by Gasteiger charge is 2.35. The fourth-order valence-corrected chi connectivity index (χ4v) is 4.24. The average molecular weight is 576 g/mol. The van der Waals surface area contributed by atoms with Gasteiger partial charge in [0.05, 0.1) is 17.2 Å². The number of benzene rings is 1. The number of hydrogen-bond donors (Lipinski definition) is 4. The lowest BCUT2D eigenvalue weighted by Gasteiger charge is -2.34. The van der Waals surface area contributed by atoms with Gasteiger partial charge in [-0.15, -0.1) is 0 Å². The highest BCUT2D eigenvalue weighted by atomic mass is 19.4. The van der Waals surface area contributed by atoms with Crippen molar-refractivity contribution in [2.45, 2.75) is 83.2 Å². The van der Waals surface area contributed by atoms with Crippen LogP contribution in [0, 0.1) is 5.82 Å². The molecule has 1 heterocycles. The van der Waals surface area contributed by atoms with Crippen molar-refractivity contribution in [3.8, 4) is 0 Å². The van der Waals surface area contributed by atoms with Crippen molar-refractivity contribution in [3.05, 3.63) is 46.8 Å². The Balaban J connectivity index is 1.96. The summed E-state index contributed by atoms with van der Waals surface area (Å²) in [4.78, 5) is 28.3. The molecule has 220 valence electrons. The fourth-order valence-electron chi connectivity index (χ4n) is 4.24. The number of alkyl carbamates (subject to hydrolysis) is 1. The highest BCUT2D eigenvalue weighted by Crippen LogP contribution is 2.38. The molecule has 0 radical (unpaired) electrons. The van der Waals surface area contributed by atoms with E-state index in [1.807, 2.05) is 0 Å². The van der Waals surface area contributed by atoms with E-state index in [0.29, 0.717) is 31.9 Å². The second-order valence-corrected chi connectivity index (χ2v) is 10.7. The molecule has 0 aliphatic heterocycles. The van der Waals surface area contributed by atoms with E-state index < -0.39 is 75.8 Å². The molecular formula is C26H31F6N5O3. The third-order valence-electron chi connectivity index (χ3n) is 6.06. The van der Waals surface area contributed by atoms with Gasteiger partial charge < -0.3 is 26.4 Å². The lowest BCUT2D eigenvalue weighted by Crippen LogP contribution is -2.50. The Hall–Kier alpha value is -3.71. The van der Waals surface area contributed by atoms with Crippen molar-refractivity contribution < 1.29 is 40.7 Å². The SMILES string of the molecule is CC(C)(C)OC(=O)N[C@H]1CCCC[C@H]1Nc1nc(Nc2cc(C(C)(F)F)cc(C(F)(F)F)c2)c(C(N)=O)cc1F. The van der Waals surface area contributed by atoms with E-state index in [2.05, 4.69) is 20.9 Å². The number of ether oxygens (including phenoxy) is 1. The maximum atomic E-state index is 15.0. The number of nitrogens with one attached hydrogen (secondary N) is 3. The quantitative estimate of drug-likeness (QED) is 0.282. The van der Waals surface area contributed by atoms with Crippen molar-refractivity contribution in [2.24, 2.45) is 5.73 Å². The van der Waals surface area contributed by atoms with E-state index >= 15 is 4.39 Å². The lowest BCUT2D eigenvalue weighted by molar-refractivity contribution is -0.137. The summed E-state index contributed by atoms with van der Waals surface area (Å²) in [5.41, 5.74) is 1.29. The lowest BCUT2D eigenvalue weighted by atomic mass is 9.90. The van der Waals surface area contributed by atoms with Crippen LogP contribution in [0.5, 0.6) is 0 Å². The van der Waals surface area contributed by atoms with Crippen LogP contribution in [-0.2, 0) is 16.8 Å². The predicted molar refractivity (Wildman–Crippen MR) is 136 cm³/mol. The second kappa shape index (κ2) is 11.4. The zero-order chi connectivity index (χ0) is 30.0. The summed E-state index contributed by atoms with van der Waals surface area (Å²) in [6, 6.07) is 1.37. The number of carbonyl (C=O) groups excluding carboxylic acids is 2. The van der Waals surface area contributed by atoms with Gasteiger partial charge in [0.2, 0.25) is 0 Å². The topological polar surface area (TPSA) is 118 Å². The smallest absolute Gasteiger partial charge is 0.416 e. The first-order valence-electron chi connectivity index (χ1n) is 12.5. The van der Waals surface area contributed by atoms with Gasteiger partial charge in [0, 0.05) is 24.2 Å². The van der Waals surface area contributed by atoms with Gasteiger partial charge in [0.15, 0.2) is 11.6 Å². The number of primary amides is 1. The molecule has 2 amide bonds. The summed E-state index contributed by atoms with van der Waals surface area (Å²) in [7, 11) is 0. The van der Waals surface area contributed by atoms with Gasteiger partial charge in [-0.25, -0.2) is 22.9 Å². The minimum atomic E-state index is -4.95. The van der Waals surface area contributed by atoms with Gasteiger partial charge in [-0.1, -0.05) is 12.8 Å². The standard InChI is InChI=1S/C26H31F6N5O3/c1-24(2,3)40-23(39)36-19-8-6-5-7-18(19)35-22-17(27)12-16(20(33)38)21(37-22)34-15-10-13(25(4,28)29)9-14(11-15)26(30,31)32/h9-12,18-19H,5-8H2,1-4H3,(H2,33,38)(H,36,39)(H2,34,35,37)/t18-,19+/m1/s1. The molecule has 1 aliphatic carbocycles. The van der Waals surface area contributed by atoms with Gasteiger partial charge in [-0.05, 0) is 57.9 Å².